The molecule has 0 radical (unpaired) electrons. The van der Waals surface area contributed by atoms with Crippen molar-refractivity contribution >= 4 is 12.0 Å². The lowest BCUT2D eigenvalue weighted by Crippen LogP contribution is -2.39. The summed E-state index contributed by atoms with van der Waals surface area (Å²) in [5, 5.41) is 11.7. The van der Waals surface area contributed by atoms with Gasteiger partial charge in [-0.25, -0.2) is 4.79 Å². The van der Waals surface area contributed by atoms with Gasteiger partial charge >= 0.3 is 12.0 Å². The van der Waals surface area contributed by atoms with Gasteiger partial charge in [0.25, 0.3) is 0 Å². The van der Waals surface area contributed by atoms with Crippen LogP contribution in [0.1, 0.15) is 52.4 Å². The van der Waals surface area contributed by atoms with Crippen LogP contribution in [0.15, 0.2) is 0 Å². The predicted octanol–water partition coefficient (Wildman–Crippen LogP) is 2.71. The fourth-order valence-corrected chi connectivity index (χ4v) is 2.78. The maximum absolute atomic E-state index is 11.9. The van der Waals surface area contributed by atoms with E-state index in [1.807, 2.05) is 4.90 Å². The van der Waals surface area contributed by atoms with E-state index in [0.717, 1.165) is 38.8 Å². The van der Waals surface area contributed by atoms with Gasteiger partial charge in [0.1, 0.15) is 0 Å². The highest BCUT2D eigenvalue weighted by Gasteiger charge is 2.22. The van der Waals surface area contributed by atoms with E-state index in [2.05, 4.69) is 19.2 Å². The van der Waals surface area contributed by atoms with Gasteiger partial charge in [0.15, 0.2) is 0 Å². The van der Waals surface area contributed by atoms with Crippen LogP contribution in [-0.2, 0) is 4.79 Å². The van der Waals surface area contributed by atoms with Gasteiger partial charge in [0.2, 0.25) is 0 Å². The first-order valence-electron chi connectivity index (χ1n) is 7.77. The fraction of sp³-hybridized carbons (Fsp3) is 0.867. The number of nitrogens with zero attached hydrogens (tertiary/aromatic N) is 1. The summed E-state index contributed by atoms with van der Waals surface area (Å²) in [6.45, 7) is 6.62. The van der Waals surface area contributed by atoms with Gasteiger partial charge in [-0.05, 0) is 31.1 Å². The van der Waals surface area contributed by atoms with Crippen molar-refractivity contribution in [2.45, 2.75) is 52.4 Å². The smallest absolute Gasteiger partial charge is 0.317 e. The van der Waals surface area contributed by atoms with Crippen LogP contribution in [0.5, 0.6) is 0 Å². The van der Waals surface area contributed by atoms with Crippen molar-refractivity contribution in [3.8, 4) is 0 Å². The summed E-state index contributed by atoms with van der Waals surface area (Å²) in [7, 11) is 0. The van der Waals surface area contributed by atoms with Crippen LogP contribution in [0.2, 0.25) is 0 Å². The van der Waals surface area contributed by atoms with Gasteiger partial charge < -0.3 is 15.3 Å². The van der Waals surface area contributed by atoms with E-state index in [4.69, 9.17) is 5.11 Å². The molecule has 0 bridgehead atoms. The lowest BCUT2D eigenvalue weighted by atomic mass is 9.94. The first-order valence-corrected chi connectivity index (χ1v) is 7.77. The minimum Gasteiger partial charge on any atom is -0.481 e. The number of urea groups is 1. The molecule has 116 valence electrons. The number of nitrogens with one attached hydrogen (secondary N) is 1. The van der Waals surface area contributed by atoms with Gasteiger partial charge in [-0.1, -0.05) is 26.7 Å². The molecule has 0 aliphatic carbocycles. The van der Waals surface area contributed by atoms with Gasteiger partial charge in [-0.15, -0.1) is 0 Å². The lowest BCUT2D eigenvalue weighted by Gasteiger charge is -2.19. The molecule has 2 N–H and O–H groups in total. The molecule has 1 saturated heterocycles. The Bertz CT molecular complexity index is 320. The van der Waals surface area contributed by atoms with E-state index in [1.165, 1.54) is 0 Å². The molecular weight excluding hydrogens is 256 g/mol. The monoisotopic (exact) mass is 284 g/mol. The van der Waals surface area contributed by atoms with Crippen LogP contribution in [0, 0.1) is 11.8 Å². The molecule has 0 aromatic heterocycles. The molecule has 0 spiro atoms. The Kier molecular flexibility index (Phi) is 7.41. The first-order chi connectivity index (χ1) is 9.52. The summed E-state index contributed by atoms with van der Waals surface area (Å²) in [6, 6.07) is 0.0304. The number of amides is 2. The standard InChI is InChI=1S/C15H28N2O3/c1-3-4-13(5-6-14(18)19)7-9-16-15(20)17-10-8-12(2)11-17/h12-13H,3-11H2,1-2H3,(H,16,20)(H,18,19). The summed E-state index contributed by atoms with van der Waals surface area (Å²) in [5.74, 6) is 0.263. The maximum Gasteiger partial charge on any atom is 0.317 e. The van der Waals surface area contributed by atoms with Crippen molar-refractivity contribution in [2.24, 2.45) is 11.8 Å². The molecule has 0 saturated carbocycles. The van der Waals surface area contributed by atoms with Crippen molar-refractivity contribution < 1.29 is 14.7 Å². The van der Waals surface area contributed by atoms with Crippen LogP contribution in [-0.4, -0.2) is 41.6 Å². The molecule has 5 heteroatoms. The van der Waals surface area contributed by atoms with Gasteiger partial charge in [0.05, 0.1) is 0 Å². The SMILES string of the molecule is CCCC(CCNC(=O)N1CCC(C)C1)CCC(=O)O. The third-order valence-electron chi connectivity index (χ3n) is 4.00. The number of rotatable bonds is 8. The van der Waals surface area contributed by atoms with Crippen molar-refractivity contribution in [3.63, 3.8) is 0 Å². The van der Waals surface area contributed by atoms with Gasteiger partial charge in [-0.3, -0.25) is 4.79 Å². The third-order valence-corrected chi connectivity index (χ3v) is 4.00. The predicted molar refractivity (Wildman–Crippen MR) is 78.6 cm³/mol. The number of carboxylic acid groups (broad SMARTS) is 1. The summed E-state index contributed by atoms with van der Waals surface area (Å²) >= 11 is 0. The van der Waals surface area contributed by atoms with Gasteiger partial charge in [-0.2, -0.15) is 0 Å². The molecule has 1 heterocycles. The zero-order valence-electron chi connectivity index (χ0n) is 12.7. The van der Waals surface area contributed by atoms with Crippen LogP contribution in [0.4, 0.5) is 4.79 Å². The largest absolute Gasteiger partial charge is 0.481 e. The number of carbonyl (C=O) groups excluding carboxylic acids is 1. The Balaban J connectivity index is 2.21. The molecule has 2 amide bonds. The highest BCUT2D eigenvalue weighted by Crippen LogP contribution is 2.18. The average molecular weight is 284 g/mol. The zero-order valence-corrected chi connectivity index (χ0v) is 12.7. The Morgan fingerprint density at radius 3 is 2.65 bits per heavy atom. The van der Waals surface area contributed by atoms with E-state index in [1.54, 1.807) is 0 Å². The summed E-state index contributed by atoms with van der Waals surface area (Å²) in [4.78, 5) is 24.4. The molecule has 1 rings (SSSR count). The second-order valence-electron chi connectivity index (χ2n) is 5.95. The van der Waals surface area contributed by atoms with Crippen molar-refractivity contribution in [2.75, 3.05) is 19.6 Å². The number of aliphatic carboxylic acids is 1. The van der Waals surface area contributed by atoms with Crippen LogP contribution < -0.4 is 5.32 Å². The number of likely N-dealkylation sites (tertiary alicyclic amines) is 1. The number of hydrogen-bond donors (Lipinski definition) is 2. The van der Waals surface area contributed by atoms with E-state index >= 15 is 0 Å². The number of hydrogen-bond acceptors (Lipinski definition) is 2. The topological polar surface area (TPSA) is 69.6 Å². The fourth-order valence-electron chi connectivity index (χ4n) is 2.78. The molecule has 0 aromatic rings. The van der Waals surface area contributed by atoms with Crippen LogP contribution >= 0.6 is 0 Å². The van der Waals surface area contributed by atoms with Crippen molar-refractivity contribution in [1.82, 2.24) is 10.2 Å². The minimum atomic E-state index is -0.735. The summed E-state index contributed by atoms with van der Waals surface area (Å²) in [5.41, 5.74) is 0. The summed E-state index contributed by atoms with van der Waals surface area (Å²) in [6.07, 6.45) is 4.98. The third kappa shape index (κ3) is 6.26. The Hall–Kier alpha value is -1.26. The zero-order chi connectivity index (χ0) is 15.0. The molecule has 2 unspecified atom stereocenters. The molecule has 5 nitrogen and oxygen atoms in total. The summed E-state index contributed by atoms with van der Waals surface area (Å²) < 4.78 is 0. The highest BCUT2D eigenvalue weighted by molar-refractivity contribution is 5.74. The maximum atomic E-state index is 11.9. The molecular formula is C15H28N2O3. The normalized spacial score (nSPS) is 19.9. The molecule has 20 heavy (non-hydrogen) atoms. The van der Waals surface area contributed by atoms with E-state index < -0.39 is 5.97 Å². The van der Waals surface area contributed by atoms with E-state index in [9.17, 15) is 9.59 Å². The van der Waals surface area contributed by atoms with E-state index in [-0.39, 0.29) is 12.5 Å². The second kappa shape index (κ2) is 8.82. The first kappa shape index (κ1) is 16.8. The van der Waals surface area contributed by atoms with Crippen molar-refractivity contribution in [3.05, 3.63) is 0 Å². The average Bonchev–Trinajstić information content (AvgIpc) is 2.82. The van der Waals surface area contributed by atoms with Crippen LogP contribution in [0.25, 0.3) is 0 Å². The minimum absolute atomic E-state index is 0.0304. The number of carboxylic acids is 1. The Labute approximate surface area is 121 Å². The Morgan fingerprint density at radius 2 is 2.10 bits per heavy atom. The molecule has 2 atom stereocenters. The lowest BCUT2D eigenvalue weighted by molar-refractivity contribution is -0.137. The van der Waals surface area contributed by atoms with Crippen LogP contribution in [0.3, 0.4) is 0 Å². The second-order valence-corrected chi connectivity index (χ2v) is 5.95. The molecule has 1 fully saturated rings. The molecule has 0 aromatic carbocycles. The highest BCUT2D eigenvalue weighted by atomic mass is 16.4. The van der Waals surface area contributed by atoms with Gasteiger partial charge in [0, 0.05) is 26.1 Å². The molecule has 1 aliphatic rings. The Morgan fingerprint density at radius 1 is 1.35 bits per heavy atom. The van der Waals surface area contributed by atoms with Crippen molar-refractivity contribution in [1.29, 1.82) is 0 Å². The van der Waals surface area contributed by atoms with E-state index in [0.29, 0.717) is 24.8 Å². The molecule has 1 aliphatic heterocycles. The number of carbonyl (C=O) groups is 2. The quantitative estimate of drug-likeness (QED) is 0.720.